The van der Waals surface area contributed by atoms with Crippen LogP contribution < -0.4 is 10.1 Å². The van der Waals surface area contributed by atoms with Gasteiger partial charge in [-0.3, -0.25) is 9.59 Å². The van der Waals surface area contributed by atoms with Gasteiger partial charge in [0, 0.05) is 36.3 Å². The fourth-order valence-electron chi connectivity index (χ4n) is 3.18. The van der Waals surface area contributed by atoms with Gasteiger partial charge < -0.3 is 15.0 Å². The summed E-state index contributed by atoms with van der Waals surface area (Å²) in [6.45, 7) is 3.57. The van der Waals surface area contributed by atoms with E-state index in [4.69, 9.17) is 4.74 Å². The summed E-state index contributed by atoms with van der Waals surface area (Å²) in [4.78, 5) is 26.3. The zero-order valence-electron chi connectivity index (χ0n) is 14.5. The second-order valence-electron chi connectivity index (χ2n) is 6.09. The smallest absolute Gasteiger partial charge is 0.254 e. The Bertz CT molecular complexity index is 771. The van der Waals surface area contributed by atoms with E-state index in [2.05, 4.69) is 5.32 Å². The summed E-state index contributed by atoms with van der Waals surface area (Å²) < 4.78 is 5.47. The number of methoxy groups -OCH3 is 1. The average Bonchev–Trinajstić information content (AvgIpc) is 2.67. The fourth-order valence-corrected chi connectivity index (χ4v) is 3.18. The first-order valence-electron chi connectivity index (χ1n) is 8.37. The number of nitrogens with zero attached hydrogens (tertiary/aromatic N) is 1. The molecule has 0 bridgehead atoms. The number of amides is 1. The number of ketones is 1. The van der Waals surface area contributed by atoms with Crippen LogP contribution in [0.25, 0.3) is 0 Å². The van der Waals surface area contributed by atoms with E-state index in [-0.39, 0.29) is 17.7 Å². The Hall–Kier alpha value is -2.66. The zero-order valence-corrected chi connectivity index (χ0v) is 14.5. The minimum Gasteiger partial charge on any atom is -0.496 e. The highest BCUT2D eigenvalue weighted by molar-refractivity contribution is 5.98. The second-order valence-corrected chi connectivity index (χ2v) is 6.09. The van der Waals surface area contributed by atoms with Gasteiger partial charge in [-0.15, -0.1) is 0 Å². The summed E-state index contributed by atoms with van der Waals surface area (Å²) >= 11 is 0. The van der Waals surface area contributed by atoms with Crippen molar-refractivity contribution in [1.29, 1.82) is 0 Å². The number of nitrogens with one attached hydrogen (secondary N) is 1. The number of hydrogen-bond donors (Lipinski definition) is 1. The van der Waals surface area contributed by atoms with Crippen LogP contribution in [0, 0.1) is 0 Å². The molecule has 2 aromatic carbocycles. The van der Waals surface area contributed by atoms with Gasteiger partial charge in [-0.2, -0.15) is 0 Å². The Balaban J connectivity index is 1.90. The number of rotatable bonds is 4. The van der Waals surface area contributed by atoms with Crippen molar-refractivity contribution in [1.82, 2.24) is 10.2 Å². The molecule has 1 atom stereocenters. The Morgan fingerprint density at radius 2 is 1.76 bits per heavy atom. The molecule has 1 aliphatic heterocycles. The first-order chi connectivity index (χ1) is 12.1. The monoisotopic (exact) mass is 338 g/mol. The van der Waals surface area contributed by atoms with Gasteiger partial charge >= 0.3 is 0 Å². The standard InChI is InChI=1S/C20H22N2O3/c1-14(23)15-7-9-16(10-8-15)20(24)22-12-11-21-13-18(22)17-5-3-4-6-19(17)25-2/h3-10,18,21H,11-13H2,1-2H3. The molecule has 2 aromatic rings. The maximum atomic E-state index is 13.0. The van der Waals surface area contributed by atoms with Crippen molar-refractivity contribution in [3.8, 4) is 5.75 Å². The Morgan fingerprint density at radius 3 is 2.44 bits per heavy atom. The molecule has 0 saturated carbocycles. The summed E-state index contributed by atoms with van der Waals surface area (Å²) in [6, 6.07) is 14.5. The van der Waals surface area contributed by atoms with Gasteiger partial charge in [0.15, 0.2) is 5.78 Å². The highest BCUT2D eigenvalue weighted by Gasteiger charge is 2.30. The SMILES string of the molecule is COc1ccccc1C1CNCCN1C(=O)c1ccc(C(C)=O)cc1. The summed E-state index contributed by atoms with van der Waals surface area (Å²) in [5, 5.41) is 3.35. The minimum atomic E-state index is -0.0927. The van der Waals surface area contributed by atoms with Gasteiger partial charge in [0.1, 0.15) is 5.75 Å². The van der Waals surface area contributed by atoms with E-state index in [9.17, 15) is 9.59 Å². The molecule has 0 aromatic heterocycles. The summed E-state index contributed by atoms with van der Waals surface area (Å²) in [5.74, 6) is 0.738. The maximum Gasteiger partial charge on any atom is 0.254 e. The molecule has 5 nitrogen and oxygen atoms in total. The number of hydrogen-bond acceptors (Lipinski definition) is 4. The molecule has 1 heterocycles. The van der Waals surface area contributed by atoms with E-state index in [1.54, 1.807) is 31.4 Å². The molecule has 1 fully saturated rings. The summed E-state index contributed by atoms with van der Waals surface area (Å²) in [7, 11) is 1.64. The molecule has 0 radical (unpaired) electrons. The molecular formula is C20H22N2O3. The zero-order chi connectivity index (χ0) is 17.8. The van der Waals surface area contributed by atoms with E-state index >= 15 is 0 Å². The number of carbonyl (C=O) groups is 2. The Kier molecular flexibility index (Phi) is 5.14. The molecule has 5 heteroatoms. The van der Waals surface area contributed by atoms with Crippen LogP contribution in [0.15, 0.2) is 48.5 Å². The molecule has 1 saturated heterocycles. The van der Waals surface area contributed by atoms with Gasteiger partial charge in [-0.25, -0.2) is 0 Å². The van der Waals surface area contributed by atoms with Gasteiger partial charge in [0.05, 0.1) is 13.2 Å². The molecule has 0 spiro atoms. The lowest BCUT2D eigenvalue weighted by atomic mass is 10.0. The predicted octanol–water partition coefficient (Wildman–Crippen LogP) is 2.68. The van der Waals surface area contributed by atoms with Crippen molar-refractivity contribution in [2.45, 2.75) is 13.0 Å². The van der Waals surface area contributed by atoms with Crippen molar-refractivity contribution >= 4 is 11.7 Å². The van der Waals surface area contributed by atoms with Crippen molar-refractivity contribution in [3.63, 3.8) is 0 Å². The first-order valence-corrected chi connectivity index (χ1v) is 8.37. The third-order valence-electron chi connectivity index (χ3n) is 4.54. The van der Waals surface area contributed by atoms with Crippen molar-refractivity contribution in [2.75, 3.05) is 26.7 Å². The van der Waals surface area contributed by atoms with Gasteiger partial charge in [-0.05, 0) is 25.1 Å². The predicted molar refractivity (Wildman–Crippen MR) is 96.1 cm³/mol. The number of carbonyl (C=O) groups excluding carboxylic acids is 2. The number of para-hydroxylation sites is 1. The third kappa shape index (κ3) is 3.56. The number of benzene rings is 2. The van der Waals surface area contributed by atoms with Crippen molar-refractivity contribution in [3.05, 3.63) is 65.2 Å². The third-order valence-corrected chi connectivity index (χ3v) is 4.54. The molecule has 130 valence electrons. The molecule has 3 rings (SSSR count). The highest BCUT2D eigenvalue weighted by atomic mass is 16.5. The van der Waals surface area contributed by atoms with E-state index in [1.807, 2.05) is 29.2 Å². The van der Waals surface area contributed by atoms with Gasteiger partial charge in [-0.1, -0.05) is 30.3 Å². The molecule has 1 amide bonds. The summed E-state index contributed by atoms with van der Waals surface area (Å²) in [5.41, 5.74) is 2.19. The van der Waals surface area contributed by atoms with Crippen LogP contribution in [0.1, 0.15) is 39.2 Å². The van der Waals surface area contributed by atoms with Crippen LogP contribution in [-0.2, 0) is 0 Å². The average molecular weight is 338 g/mol. The van der Waals surface area contributed by atoms with Crippen molar-refractivity contribution < 1.29 is 14.3 Å². The van der Waals surface area contributed by atoms with Gasteiger partial charge in [0.2, 0.25) is 0 Å². The van der Waals surface area contributed by atoms with Crippen LogP contribution in [0.2, 0.25) is 0 Å². The number of Topliss-reactive ketones (excluding diaryl/α,β-unsaturated/α-hetero) is 1. The first kappa shape index (κ1) is 17.2. The molecule has 25 heavy (non-hydrogen) atoms. The lowest BCUT2D eigenvalue weighted by Gasteiger charge is -2.37. The second kappa shape index (κ2) is 7.49. The van der Waals surface area contributed by atoms with Gasteiger partial charge in [0.25, 0.3) is 5.91 Å². The number of piperazine rings is 1. The Labute approximate surface area is 147 Å². The van der Waals surface area contributed by atoms with Crippen LogP contribution >= 0.6 is 0 Å². The lowest BCUT2D eigenvalue weighted by Crippen LogP contribution is -2.48. The highest BCUT2D eigenvalue weighted by Crippen LogP contribution is 2.31. The molecule has 1 unspecified atom stereocenters. The van der Waals surface area contributed by atoms with Crippen molar-refractivity contribution in [2.24, 2.45) is 0 Å². The van der Waals surface area contributed by atoms with Crippen LogP contribution in [0.4, 0.5) is 0 Å². The van der Waals surface area contributed by atoms with Crippen LogP contribution in [-0.4, -0.2) is 43.3 Å². The maximum absolute atomic E-state index is 13.0. The topological polar surface area (TPSA) is 58.6 Å². The van der Waals surface area contributed by atoms with Crippen LogP contribution in [0.5, 0.6) is 5.75 Å². The number of ether oxygens (including phenoxy) is 1. The summed E-state index contributed by atoms with van der Waals surface area (Å²) in [6.07, 6.45) is 0. The minimum absolute atomic E-state index is 0.00642. The van der Waals surface area contributed by atoms with E-state index in [0.717, 1.165) is 17.9 Å². The normalized spacial score (nSPS) is 17.2. The Morgan fingerprint density at radius 1 is 1.08 bits per heavy atom. The lowest BCUT2D eigenvalue weighted by molar-refractivity contribution is 0.0631. The van der Waals surface area contributed by atoms with Crippen LogP contribution in [0.3, 0.4) is 0 Å². The van der Waals surface area contributed by atoms with E-state index < -0.39 is 0 Å². The molecule has 0 aliphatic carbocycles. The largest absolute Gasteiger partial charge is 0.496 e. The molecule has 1 N–H and O–H groups in total. The fraction of sp³-hybridized carbons (Fsp3) is 0.300. The molecular weight excluding hydrogens is 316 g/mol. The van der Waals surface area contributed by atoms with E-state index in [1.165, 1.54) is 6.92 Å². The molecule has 1 aliphatic rings. The van der Waals surface area contributed by atoms with E-state index in [0.29, 0.717) is 24.2 Å². The quantitative estimate of drug-likeness (QED) is 0.871.